The second-order valence-corrected chi connectivity index (χ2v) is 7.14. The fourth-order valence-electron chi connectivity index (χ4n) is 3.52. The van der Waals surface area contributed by atoms with E-state index >= 15 is 0 Å². The van der Waals surface area contributed by atoms with Gasteiger partial charge in [-0.25, -0.2) is 9.59 Å². The number of benzene rings is 2. The van der Waals surface area contributed by atoms with E-state index < -0.39 is 11.6 Å². The smallest absolute Gasteiger partial charge is 0.338 e. The van der Waals surface area contributed by atoms with Gasteiger partial charge in [0.15, 0.2) is 0 Å². The van der Waals surface area contributed by atoms with E-state index in [1.807, 2.05) is 17.0 Å². The van der Waals surface area contributed by atoms with Crippen LogP contribution in [0.2, 0.25) is 0 Å². The van der Waals surface area contributed by atoms with Gasteiger partial charge in [0.05, 0.1) is 12.7 Å². The minimum absolute atomic E-state index is 0.0582. The summed E-state index contributed by atoms with van der Waals surface area (Å²) in [7, 11) is 1.53. The average Bonchev–Trinajstić information content (AvgIpc) is 3.16. The molecule has 1 fully saturated rings. The van der Waals surface area contributed by atoms with Gasteiger partial charge >= 0.3 is 11.6 Å². The van der Waals surface area contributed by atoms with Crippen LogP contribution in [-0.4, -0.2) is 30.4 Å². The van der Waals surface area contributed by atoms with E-state index in [0.717, 1.165) is 18.5 Å². The molecule has 7 heteroatoms. The summed E-state index contributed by atoms with van der Waals surface area (Å²) in [4.78, 5) is 37.8. The zero-order valence-electron chi connectivity index (χ0n) is 16.6. The van der Waals surface area contributed by atoms with Crippen molar-refractivity contribution in [1.29, 1.82) is 0 Å². The fraction of sp³-hybridized carbons (Fsp3) is 0.261. The van der Waals surface area contributed by atoms with E-state index in [2.05, 4.69) is 0 Å². The maximum atomic E-state index is 12.4. The van der Waals surface area contributed by atoms with E-state index in [1.54, 1.807) is 30.3 Å². The molecule has 1 aromatic heterocycles. The van der Waals surface area contributed by atoms with Crippen molar-refractivity contribution >= 4 is 22.8 Å². The lowest BCUT2D eigenvalue weighted by Gasteiger charge is -2.15. The Hall–Kier alpha value is -3.61. The van der Waals surface area contributed by atoms with Crippen LogP contribution in [0, 0.1) is 0 Å². The molecule has 0 spiro atoms. The maximum absolute atomic E-state index is 12.4. The lowest BCUT2D eigenvalue weighted by Crippen LogP contribution is -2.23. The van der Waals surface area contributed by atoms with E-state index in [9.17, 15) is 14.4 Å². The van der Waals surface area contributed by atoms with E-state index in [4.69, 9.17) is 13.9 Å². The zero-order chi connectivity index (χ0) is 21.1. The number of nitrogens with zero attached hydrogens (tertiary/aromatic N) is 1. The molecule has 0 atom stereocenters. The van der Waals surface area contributed by atoms with Crippen molar-refractivity contribution in [1.82, 2.24) is 4.90 Å². The summed E-state index contributed by atoms with van der Waals surface area (Å²) >= 11 is 0. The van der Waals surface area contributed by atoms with Crippen LogP contribution in [0.3, 0.4) is 0 Å². The Morgan fingerprint density at radius 2 is 1.90 bits per heavy atom. The number of hydrogen-bond acceptors (Lipinski definition) is 6. The first-order valence-corrected chi connectivity index (χ1v) is 9.68. The summed E-state index contributed by atoms with van der Waals surface area (Å²) in [6, 6.07) is 13.4. The molecule has 0 saturated carbocycles. The standard InChI is InChI=1S/C23H21NO6/c1-28-18-8-9-19-17(11-22(26)30-20(19)12-18)14-29-23(27)16-6-4-15(5-7-16)13-24-10-2-3-21(24)25/h4-9,11-12H,2-3,10,13-14H2,1H3. The summed E-state index contributed by atoms with van der Waals surface area (Å²) < 4.78 is 15.8. The Morgan fingerprint density at radius 3 is 2.60 bits per heavy atom. The largest absolute Gasteiger partial charge is 0.497 e. The molecule has 1 saturated heterocycles. The highest BCUT2D eigenvalue weighted by molar-refractivity contribution is 5.89. The van der Waals surface area contributed by atoms with Crippen molar-refractivity contribution in [3.8, 4) is 5.75 Å². The van der Waals surface area contributed by atoms with Crippen LogP contribution in [0.1, 0.15) is 34.3 Å². The minimum atomic E-state index is -0.525. The highest BCUT2D eigenvalue weighted by Crippen LogP contribution is 2.23. The molecule has 0 radical (unpaired) electrons. The zero-order valence-corrected chi connectivity index (χ0v) is 16.6. The van der Waals surface area contributed by atoms with Crippen molar-refractivity contribution in [2.75, 3.05) is 13.7 Å². The third-order valence-corrected chi connectivity index (χ3v) is 5.13. The van der Waals surface area contributed by atoms with Crippen LogP contribution in [0.5, 0.6) is 5.75 Å². The molecule has 0 unspecified atom stereocenters. The second-order valence-electron chi connectivity index (χ2n) is 7.14. The molecule has 2 aromatic carbocycles. The fourth-order valence-corrected chi connectivity index (χ4v) is 3.52. The van der Waals surface area contributed by atoms with Gasteiger partial charge in [-0.2, -0.15) is 0 Å². The van der Waals surface area contributed by atoms with Crippen LogP contribution in [0.15, 0.2) is 57.7 Å². The van der Waals surface area contributed by atoms with Gasteiger partial charge < -0.3 is 18.8 Å². The highest BCUT2D eigenvalue weighted by atomic mass is 16.5. The molecule has 4 rings (SSSR count). The molecule has 2 heterocycles. The Kier molecular flexibility index (Phi) is 5.52. The van der Waals surface area contributed by atoms with Crippen LogP contribution in [0.4, 0.5) is 0 Å². The van der Waals surface area contributed by atoms with Crippen LogP contribution < -0.4 is 10.4 Å². The molecular weight excluding hydrogens is 386 g/mol. The van der Waals surface area contributed by atoms with Gasteiger partial charge in [-0.05, 0) is 36.2 Å². The van der Waals surface area contributed by atoms with Gasteiger partial charge in [-0.3, -0.25) is 4.79 Å². The first-order valence-electron chi connectivity index (χ1n) is 9.68. The number of likely N-dealkylation sites (tertiary alicyclic amines) is 1. The number of hydrogen-bond donors (Lipinski definition) is 0. The Balaban J connectivity index is 1.44. The second kappa shape index (κ2) is 8.41. The molecule has 30 heavy (non-hydrogen) atoms. The van der Waals surface area contributed by atoms with Gasteiger partial charge in [0, 0.05) is 42.6 Å². The predicted octanol–water partition coefficient (Wildman–Crippen LogP) is 3.28. The maximum Gasteiger partial charge on any atom is 0.338 e. The van der Waals surface area contributed by atoms with Crippen molar-refractivity contribution in [2.45, 2.75) is 26.0 Å². The number of fused-ring (bicyclic) bond motifs is 1. The Bertz CT molecular complexity index is 1150. The first-order chi connectivity index (χ1) is 14.5. The first kappa shape index (κ1) is 19.7. The van der Waals surface area contributed by atoms with Crippen LogP contribution in [0.25, 0.3) is 11.0 Å². The highest BCUT2D eigenvalue weighted by Gasteiger charge is 2.20. The van der Waals surface area contributed by atoms with E-state index in [-0.39, 0.29) is 12.5 Å². The summed E-state index contributed by atoms with van der Waals surface area (Å²) in [5.41, 5.74) is 1.76. The SMILES string of the molecule is COc1ccc2c(COC(=O)c3ccc(CN4CCCC4=O)cc3)cc(=O)oc2c1. The number of esters is 1. The van der Waals surface area contributed by atoms with Crippen molar-refractivity contribution in [3.05, 3.63) is 75.6 Å². The van der Waals surface area contributed by atoms with Gasteiger partial charge in [-0.1, -0.05) is 12.1 Å². The number of carbonyl (C=O) groups excluding carboxylic acids is 2. The minimum Gasteiger partial charge on any atom is -0.497 e. The van der Waals surface area contributed by atoms with Gasteiger partial charge in [0.25, 0.3) is 0 Å². The third-order valence-electron chi connectivity index (χ3n) is 5.13. The summed E-state index contributed by atoms with van der Waals surface area (Å²) in [5, 5.41) is 0.675. The Labute approximate surface area is 172 Å². The summed E-state index contributed by atoms with van der Waals surface area (Å²) in [5.74, 6) is 0.236. The molecule has 3 aromatic rings. The molecule has 1 aliphatic heterocycles. The molecule has 1 aliphatic rings. The molecule has 154 valence electrons. The normalized spacial score (nSPS) is 13.6. The predicted molar refractivity (Wildman–Crippen MR) is 109 cm³/mol. The van der Waals surface area contributed by atoms with Crippen molar-refractivity contribution in [2.24, 2.45) is 0 Å². The van der Waals surface area contributed by atoms with Crippen LogP contribution in [-0.2, 0) is 22.7 Å². The van der Waals surface area contributed by atoms with Crippen molar-refractivity contribution < 1.29 is 23.5 Å². The number of methoxy groups -OCH3 is 1. The molecule has 7 nitrogen and oxygen atoms in total. The van der Waals surface area contributed by atoms with E-state index in [0.29, 0.717) is 40.8 Å². The van der Waals surface area contributed by atoms with Gasteiger partial charge in [0.2, 0.25) is 5.91 Å². The summed E-state index contributed by atoms with van der Waals surface area (Å²) in [6.07, 6.45) is 1.49. The van der Waals surface area contributed by atoms with Crippen LogP contribution >= 0.6 is 0 Å². The molecule has 0 aliphatic carbocycles. The lowest BCUT2D eigenvalue weighted by molar-refractivity contribution is -0.128. The molecule has 0 bridgehead atoms. The summed E-state index contributed by atoms with van der Waals surface area (Å²) in [6.45, 7) is 1.26. The number of ether oxygens (including phenoxy) is 2. The number of rotatable bonds is 6. The lowest BCUT2D eigenvalue weighted by atomic mass is 10.1. The number of amides is 1. The Morgan fingerprint density at radius 1 is 1.10 bits per heavy atom. The van der Waals surface area contributed by atoms with E-state index in [1.165, 1.54) is 13.2 Å². The molecule has 0 N–H and O–H groups in total. The number of carbonyl (C=O) groups is 2. The molecular formula is C23H21NO6. The quantitative estimate of drug-likeness (QED) is 0.460. The van der Waals surface area contributed by atoms with Gasteiger partial charge in [0.1, 0.15) is 17.9 Å². The van der Waals surface area contributed by atoms with Crippen molar-refractivity contribution in [3.63, 3.8) is 0 Å². The topological polar surface area (TPSA) is 86.0 Å². The molecule has 1 amide bonds. The van der Waals surface area contributed by atoms with Gasteiger partial charge in [-0.15, -0.1) is 0 Å². The monoisotopic (exact) mass is 407 g/mol. The average molecular weight is 407 g/mol. The third kappa shape index (κ3) is 4.20.